The number of quaternary nitrogens is 1. The molecule has 0 bridgehead atoms. The molecule has 0 aromatic carbocycles. The number of rotatable bonds is 27. The number of aliphatic hydroxyl groups excluding tert-OH is 1. The first kappa shape index (κ1) is 50.9. The Bertz CT molecular complexity index is 1830. The maximum atomic E-state index is 14.1. The van der Waals surface area contributed by atoms with Crippen LogP contribution in [0.3, 0.4) is 0 Å². The van der Waals surface area contributed by atoms with E-state index < -0.39 is 12.1 Å². The van der Waals surface area contributed by atoms with Crippen molar-refractivity contribution in [3.63, 3.8) is 0 Å². The first-order valence-corrected chi connectivity index (χ1v) is 22.2. The van der Waals surface area contributed by atoms with Crippen LogP contribution in [0, 0.1) is 18.3 Å². The molecule has 2 aliphatic heterocycles. The molecule has 350 valence electrons. The summed E-state index contributed by atoms with van der Waals surface area (Å²) < 4.78 is 19.9. The number of carbonyl (C=O) groups is 2. The summed E-state index contributed by atoms with van der Waals surface area (Å²) in [4.78, 5) is 50.5. The van der Waals surface area contributed by atoms with Gasteiger partial charge in [-0.3, -0.25) is 9.59 Å². The molecule has 2 amide bonds. The molecule has 0 spiro atoms. The molecular formula is C41H68ClN15O6. The van der Waals surface area contributed by atoms with Crippen LogP contribution in [-0.4, -0.2) is 183 Å². The minimum absolute atomic E-state index is 0. The molecule has 5 rings (SSSR count). The number of halogens is 1. The number of aromatic nitrogens is 9. The summed E-state index contributed by atoms with van der Waals surface area (Å²) >= 11 is 0. The van der Waals surface area contributed by atoms with E-state index in [1.807, 2.05) is 29.8 Å². The maximum Gasteiger partial charge on any atom is 0.247 e. The Hall–Kier alpha value is -4.72. The fourth-order valence-corrected chi connectivity index (χ4v) is 7.38. The number of nitrogens with one attached hydrogen (secondary N) is 1. The molecule has 2 saturated heterocycles. The molecular weight excluding hydrogens is 834 g/mol. The molecule has 0 saturated carbocycles. The van der Waals surface area contributed by atoms with Crippen molar-refractivity contribution >= 4 is 29.7 Å². The van der Waals surface area contributed by atoms with Gasteiger partial charge >= 0.3 is 0 Å². The first-order valence-electron chi connectivity index (χ1n) is 22.2. The van der Waals surface area contributed by atoms with Crippen molar-refractivity contribution in [2.24, 2.45) is 5.92 Å². The number of aliphatic hydroxyl groups is 1. The van der Waals surface area contributed by atoms with E-state index in [1.165, 1.54) is 0 Å². The average Bonchev–Trinajstić information content (AvgIpc) is 3.96. The molecule has 21 nitrogen and oxygen atoms in total. The Labute approximate surface area is 377 Å². The van der Waals surface area contributed by atoms with Gasteiger partial charge in [0.15, 0.2) is 0 Å². The molecule has 0 aliphatic carbocycles. The number of aryl methyl sites for hydroxylation is 1. The van der Waals surface area contributed by atoms with Crippen LogP contribution in [0.25, 0.3) is 0 Å². The van der Waals surface area contributed by atoms with Crippen LogP contribution in [0.2, 0.25) is 0 Å². The topological polar surface area (TPSA) is 235 Å². The molecule has 5 heterocycles. The number of unbranched alkanes of at least 4 members (excludes halogenated alkanes) is 2. The fourth-order valence-electron chi connectivity index (χ4n) is 7.38. The summed E-state index contributed by atoms with van der Waals surface area (Å²) in [6.45, 7) is 13.8. The Morgan fingerprint density at radius 3 is 1.95 bits per heavy atom. The van der Waals surface area contributed by atoms with Gasteiger partial charge in [0.2, 0.25) is 29.7 Å². The molecule has 22 heteroatoms. The van der Waals surface area contributed by atoms with Crippen LogP contribution in [0.5, 0.6) is 0 Å². The summed E-state index contributed by atoms with van der Waals surface area (Å²) in [6, 6.07) is -0.935. The number of hydrogen-bond acceptors (Lipinski definition) is 16. The largest absolute Gasteiger partial charge is 1.00 e. The van der Waals surface area contributed by atoms with E-state index in [1.54, 1.807) is 15.6 Å². The normalized spacial score (nSPS) is 15.3. The van der Waals surface area contributed by atoms with E-state index in [-0.39, 0.29) is 43.4 Å². The van der Waals surface area contributed by atoms with E-state index in [0.717, 1.165) is 44.3 Å². The monoisotopic (exact) mass is 902 g/mol. The van der Waals surface area contributed by atoms with Crippen molar-refractivity contribution in [3.8, 4) is 12.3 Å². The van der Waals surface area contributed by atoms with Gasteiger partial charge in [0.25, 0.3) is 0 Å². The van der Waals surface area contributed by atoms with E-state index >= 15 is 0 Å². The highest BCUT2D eigenvalue weighted by molar-refractivity contribution is 5.81. The minimum Gasteiger partial charge on any atom is -1.00 e. The summed E-state index contributed by atoms with van der Waals surface area (Å²) in [5.41, 5.74) is 5.54. The fraction of sp³-hybridized carbons (Fsp3) is 0.732. The third-order valence-electron chi connectivity index (χ3n) is 10.8. The highest BCUT2D eigenvalue weighted by Gasteiger charge is 2.34. The standard InChI is InChI=1S/C41H67N15O6.ClH/c1-5-7-10-33-30-55(49-47-33)35(11-8-9-13-42)37(58)51-15-19-53(20-16-51)40-44-39(43-14-25-61-27-29-62-28-26-60-24-6-2)45-41(46-40)54-21-17-52(18-22-54)38(59)36(32(3)4)56-31-34(12-23-57)48-50-56;/h2,30-32,35-36,57H,5,7-29,42H2,1,3-4H3,(H,43,44,45,46);1H/t35-,36+;/m0./s1. The van der Waals surface area contributed by atoms with Gasteiger partial charge in [0.1, 0.15) is 18.7 Å². The Morgan fingerprint density at radius 1 is 0.794 bits per heavy atom. The van der Waals surface area contributed by atoms with Gasteiger partial charge in [-0.15, -0.1) is 16.6 Å². The van der Waals surface area contributed by atoms with Gasteiger partial charge in [-0.1, -0.05) is 43.5 Å². The molecule has 2 aliphatic rings. The summed E-state index contributed by atoms with van der Waals surface area (Å²) in [6.07, 6.45) is 14.7. The van der Waals surface area contributed by atoms with E-state index in [4.69, 9.17) is 35.6 Å². The van der Waals surface area contributed by atoms with Crippen molar-refractivity contribution in [2.45, 2.75) is 77.8 Å². The highest BCUT2D eigenvalue weighted by Crippen LogP contribution is 2.25. The SMILES string of the molecule is C#CCOCCOCCOCCNc1nc(N2CCN(C(=O)[C@H](CCCC[NH3+])n3cc(CCCC)nn3)CC2)nc(N2CCN(C(=O)[C@@H](C(C)C)n3cc(CCO)nn3)CC2)n1.[Cl-]. The van der Waals surface area contributed by atoms with Crippen LogP contribution in [0.4, 0.5) is 17.8 Å². The zero-order chi connectivity index (χ0) is 44.1. The zero-order valence-corrected chi connectivity index (χ0v) is 38.1. The molecule has 2 fully saturated rings. The number of hydrogen-bond donors (Lipinski definition) is 3. The average molecular weight is 903 g/mol. The minimum atomic E-state index is -0.517. The van der Waals surface area contributed by atoms with Crippen molar-refractivity contribution < 1.29 is 47.0 Å². The van der Waals surface area contributed by atoms with Crippen molar-refractivity contribution in [2.75, 3.05) is 127 Å². The smallest absolute Gasteiger partial charge is 0.247 e. The van der Waals surface area contributed by atoms with Crippen LogP contribution in [0.15, 0.2) is 12.4 Å². The predicted octanol–water partition coefficient (Wildman–Crippen LogP) is -3.12. The lowest BCUT2D eigenvalue weighted by molar-refractivity contribution is -0.368. The van der Waals surface area contributed by atoms with Gasteiger partial charge in [-0.2, -0.15) is 15.0 Å². The summed E-state index contributed by atoms with van der Waals surface area (Å²) in [7, 11) is 0. The second kappa shape index (κ2) is 27.5. The van der Waals surface area contributed by atoms with Crippen LogP contribution in [-0.2, 0) is 36.6 Å². The van der Waals surface area contributed by atoms with Crippen LogP contribution >= 0.6 is 0 Å². The lowest BCUT2D eigenvalue weighted by Crippen LogP contribution is -3.00. The molecule has 3 aromatic rings. The van der Waals surface area contributed by atoms with E-state index in [2.05, 4.69) is 54.3 Å². The molecule has 0 radical (unpaired) electrons. The van der Waals surface area contributed by atoms with Gasteiger partial charge < -0.3 is 62.4 Å². The second-order valence-electron chi connectivity index (χ2n) is 15.8. The number of amides is 2. The van der Waals surface area contributed by atoms with Gasteiger partial charge in [-0.25, -0.2) is 9.36 Å². The number of ether oxygens (including phenoxy) is 3. The molecule has 5 N–H and O–H groups in total. The third kappa shape index (κ3) is 15.5. The quantitative estimate of drug-likeness (QED) is 0.0507. The van der Waals surface area contributed by atoms with E-state index in [9.17, 15) is 14.7 Å². The molecule has 0 unspecified atom stereocenters. The molecule has 3 aromatic heterocycles. The van der Waals surface area contributed by atoms with Gasteiger partial charge in [0.05, 0.1) is 51.0 Å². The lowest BCUT2D eigenvalue weighted by atomic mass is 10.0. The Kier molecular flexibility index (Phi) is 22.2. The maximum absolute atomic E-state index is 14.1. The van der Waals surface area contributed by atoms with Crippen LogP contribution in [0.1, 0.15) is 76.3 Å². The van der Waals surface area contributed by atoms with Crippen molar-refractivity contribution in [3.05, 3.63) is 23.8 Å². The van der Waals surface area contributed by atoms with Crippen LogP contribution < -0.4 is 33.3 Å². The molecule has 2 atom stereocenters. The van der Waals surface area contributed by atoms with Gasteiger partial charge in [-0.05, 0) is 38.0 Å². The van der Waals surface area contributed by atoms with Crippen molar-refractivity contribution in [1.29, 1.82) is 0 Å². The number of piperazine rings is 2. The predicted molar refractivity (Wildman–Crippen MR) is 231 cm³/mol. The summed E-state index contributed by atoms with van der Waals surface area (Å²) in [5.74, 6) is 3.85. The van der Waals surface area contributed by atoms with Gasteiger partial charge in [0, 0.05) is 84.3 Å². The lowest BCUT2D eigenvalue weighted by Gasteiger charge is -2.38. The zero-order valence-electron chi connectivity index (χ0n) is 37.3. The number of terminal acetylenes is 1. The Morgan fingerprint density at radius 2 is 1.37 bits per heavy atom. The summed E-state index contributed by atoms with van der Waals surface area (Å²) in [5, 5.41) is 29.8. The number of anilines is 3. The highest BCUT2D eigenvalue weighted by atomic mass is 35.5. The van der Waals surface area contributed by atoms with E-state index in [0.29, 0.717) is 128 Å². The second-order valence-corrected chi connectivity index (χ2v) is 15.8. The van der Waals surface area contributed by atoms with Crippen molar-refractivity contribution in [1.82, 2.24) is 54.7 Å². The first-order chi connectivity index (χ1) is 30.3. The molecule has 63 heavy (non-hydrogen) atoms. The Balaban J connectivity index is 0.00000871. The number of nitrogens with zero attached hydrogens (tertiary/aromatic N) is 13. The number of carbonyl (C=O) groups excluding carboxylic acids is 2. The third-order valence-corrected chi connectivity index (χ3v) is 10.8.